The smallest absolute Gasteiger partial charge is 0.317 e. The number of rotatable bonds is 6. The third-order valence-electron chi connectivity index (χ3n) is 4.06. The fraction of sp³-hybridized carbons (Fsp3) is 0.316. The lowest BCUT2D eigenvalue weighted by molar-refractivity contribution is -0.141. The summed E-state index contributed by atoms with van der Waals surface area (Å²) in [6, 6.07) is 11.3. The molecule has 0 saturated carbocycles. The second-order valence-corrected chi connectivity index (χ2v) is 6.15. The molecule has 6 nitrogen and oxygen atoms in total. The maximum Gasteiger partial charge on any atom is 0.317 e. The molecule has 2 N–H and O–H groups in total. The number of urea groups is 1. The molecular weight excluding hydrogens is 318 g/mol. The Morgan fingerprint density at radius 2 is 1.84 bits per heavy atom. The molecule has 1 aromatic carbocycles. The Balaban J connectivity index is 1.97. The molecular formula is C19H23N3O3. The Labute approximate surface area is 147 Å². The van der Waals surface area contributed by atoms with Gasteiger partial charge in [-0.15, -0.1) is 0 Å². The molecule has 25 heavy (non-hydrogen) atoms. The van der Waals surface area contributed by atoms with Gasteiger partial charge in [0.2, 0.25) is 0 Å². The number of nitrogens with zero attached hydrogens (tertiary/aromatic N) is 2. The number of carboxylic acid groups (broad SMARTS) is 1. The Bertz CT molecular complexity index is 716. The minimum absolute atomic E-state index is 0.161. The molecule has 2 rings (SSSR count). The van der Waals surface area contributed by atoms with E-state index in [4.69, 9.17) is 5.11 Å². The van der Waals surface area contributed by atoms with Crippen molar-refractivity contribution < 1.29 is 14.7 Å². The van der Waals surface area contributed by atoms with Crippen LogP contribution in [0.1, 0.15) is 25.5 Å². The summed E-state index contributed by atoms with van der Waals surface area (Å²) in [6.07, 6.45) is 3.54. The van der Waals surface area contributed by atoms with Crippen molar-refractivity contribution in [1.29, 1.82) is 0 Å². The van der Waals surface area contributed by atoms with Gasteiger partial charge in [-0.3, -0.25) is 9.78 Å². The summed E-state index contributed by atoms with van der Waals surface area (Å²) in [4.78, 5) is 28.6. The molecule has 0 fully saturated rings. The SMILES string of the molecule is CC(CN(C)C(=O)NC(C)c1ccc(-c2cccnc2)cc1)C(=O)O. The molecule has 0 spiro atoms. The molecule has 0 saturated heterocycles. The normalized spacial score (nSPS) is 12.9. The van der Waals surface area contributed by atoms with Crippen LogP contribution in [-0.4, -0.2) is 40.6 Å². The molecule has 2 aromatic rings. The number of hydrogen-bond donors (Lipinski definition) is 2. The molecule has 2 amide bonds. The predicted molar refractivity (Wildman–Crippen MR) is 96.0 cm³/mol. The standard InChI is InChI=1S/C19H23N3O3/c1-13(18(23)24)12-22(3)19(25)21-14(2)15-6-8-16(9-7-15)17-5-4-10-20-11-17/h4-11,13-14H,12H2,1-3H3,(H,21,25)(H,23,24). The van der Waals surface area contributed by atoms with Gasteiger partial charge < -0.3 is 15.3 Å². The first kappa shape index (κ1) is 18.4. The second kappa shape index (κ2) is 8.28. The van der Waals surface area contributed by atoms with E-state index in [1.54, 1.807) is 26.4 Å². The summed E-state index contributed by atoms with van der Waals surface area (Å²) >= 11 is 0. The van der Waals surface area contributed by atoms with Gasteiger partial charge in [-0.05, 0) is 29.7 Å². The van der Waals surface area contributed by atoms with Crippen molar-refractivity contribution in [3.8, 4) is 11.1 Å². The van der Waals surface area contributed by atoms with Gasteiger partial charge in [0.1, 0.15) is 0 Å². The Hall–Kier alpha value is -2.89. The average molecular weight is 341 g/mol. The minimum atomic E-state index is -0.918. The zero-order valence-electron chi connectivity index (χ0n) is 14.6. The molecule has 1 aromatic heterocycles. The fourth-order valence-corrected chi connectivity index (χ4v) is 2.45. The third-order valence-corrected chi connectivity index (χ3v) is 4.06. The molecule has 2 atom stereocenters. The van der Waals surface area contributed by atoms with E-state index in [0.717, 1.165) is 16.7 Å². The van der Waals surface area contributed by atoms with Crippen molar-refractivity contribution >= 4 is 12.0 Å². The third kappa shape index (κ3) is 5.04. The molecule has 0 aliphatic rings. The van der Waals surface area contributed by atoms with E-state index >= 15 is 0 Å². The summed E-state index contributed by atoms with van der Waals surface area (Å²) in [7, 11) is 1.59. The lowest BCUT2D eigenvalue weighted by atomic mass is 10.0. The van der Waals surface area contributed by atoms with Crippen molar-refractivity contribution in [1.82, 2.24) is 15.2 Å². The van der Waals surface area contributed by atoms with Crippen LogP contribution in [0.2, 0.25) is 0 Å². The molecule has 132 valence electrons. The summed E-state index contributed by atoms with van der Waals surface area (Å²) in [5.41, 5.74) is 3.07. The summed E-state index contributed by atoms with van der Waals surface area (Å²) < 4.78 is 0. The number of nitrogens with one attached hydrogen (secondary N) is 1. The van der Waals surface area contributed by atoms with Gasteiger partial charge in [-0.1, -0.05) is 37.3 Å². The molecule has 0 aliphatic heterocycles. The van der Waals surface area contributed by atoms with Crippen molar-refractivity contribution in [2.75, 3.05) is 13.6 Å². The monoisotopic (exact) mass is 341 g/mol. The number of carbonyl (C=O) groups excluding carboxylic acids is 1. The van der Waals surface area contributed by atoms with Crippen LogP contribution >= 0.6 is 0 Å². The van der Waals surface area contributed by atoms with Crippen molar-refractivity contribution in [2.45, 2.75) is 19.9 Å². The first-order chi connectivity index (χ1) is 11.9. The number of benzene rings is 1. The van der Waals surface area contributed by atoms with E-state index in [1.165, 1.54) is 4.90 Å². The molecule has 1 heterocycles. The van der Waals surface area contributed by atoms with Crippen LogP contribution in [0.15, 0.2) is 48.8 Å². The van der Waals surface area contributed by atoms with Gasteiger partial charge in [0.15, 0.2) is 0 Å². The Kier molecular flexibility index (Phi) is 6.11. The topological polar surface area (TPSA) is 82.5 Å². The summed E-state index contributed by atoms with van der Waals surface area (Å²) in [5.74, 6) is -1.52. The fourth-order valence-electron chi connectivity index (χ4n) is 2.45. The van der Waals surface area contributed by atoms with E-state index in [0.29, 0.717) is 0 Å². The quantitative estimate of drug-likeness (QED) is 0.845. The first-order valence-electron chi connectivity index (χ1n) is 8.13. The largest absolute Gasteiger partial charge is 0.481 e. The van der Waals surface area contributed by atoms with Crippen LogP contribution in [-0.2, 0) is 4.79 Å². The molecule has 2 unspecified atom stereocenters. The highest BCUT2D eigenvalue weighted by Crippen LogP contribution is 2.21. The molecule has 0 aliphatic carbocycles. The number of aliphatic carboxylic acids is 1. The van der Waals surface area contributed by atoms with Gasteiger partial charge in [-0.25, -0.2) is 4.79 Å². The highest BCUT2D eigenvalue weighted by molar-refractivity contribution is 5.76. The molecule has 0 bridgehead atoms. The van der Waals surface area contributed by atoms with Gasteiger partial charge in [0.25, 0.3) is 0 Å². The molecule has 0 radical (unpaired) electrons. The lowest BCUT2D eigenvalue weighted by Gasteiger charge is -2.23. The van der Waals surface area contributed by atoms with E-state index in [9.17, 15) is 9.59 Å². The van der Waals surface area contributed by atoms with Crippen LogP contribution in [0.25, 0.3) is 11.1 Å². The Morgan fingerprint density at radius 3 is 2.40 bits per heavy atom. The van der Waals surface area contributed by atoms with Crippen LogP contribution in [0.3, 0.4) is 0 Å². The van der Waals surface area contributed by atoms with Crippen LogP contribution < -0.4 is 5.32 Å². The van der Waals surface area contributed by atoms with Crippen molar-refractivity contribution in [2.24, 2.45) is 5.92 Å². The molecule has 6 heteroatoms. The minimum Gasteiger partial charge on any atom is -0.481 e. The van der Waals surface area contributed by atoms with Gasteiger partial charge in [-0.2, -0.15) is 0 Å². The highest BCUT2D eigenvalue weighted by Gasteiger charge is 2.19. The number of carbonyl (C=O) groups is 2. The zero-order valence-corrected chi connectivity index (χ0v) is 14.6. The number of pyridine rings is 1. The number of carboxylic acids is 1. The van der Waals surface area contributed by atoms with Crippen LogP contribution in [0.4, 0.5) is 4.79 Å². The van der Waals surface area contributed by atoms with Crippen LogP contribution in [0, 0.1) is 5.92 Å². The van der Waals surface area contributed by atoms with E-state index in [-0.39, 0.29) is 18.6 Å². The second-order valence-electron chi connectivity index (χ2n) is 6.15. The Morgan fingerprint density at radius 1 is 1.16 bits per heavy atom. The maximum atomic E-state index is 12.2. The van der Waals surface area contributed by atoms with Crippen molar-refractivity contribution in [3.05, 3.63) is 54.4 Å². The van der Waals surface area contributed by atoms with Gasteiger partial charge in [0, 0.05) is 26.0 Å². The van der Waals surface area contributed by atoms with Gasteiger partial charge in [0.05, 0.1) is 12.0 Å². The zero-order chi connectivity index (χ0) is 18.4. The van der Waals surface area contributed by atoms with Gasteiger partial charge >= 0.3 is 12.0 Å². The number of aromatic nitrogens is 1. The van der Waals surface area contributed by atoms with Crippen molar-refractivity contribution in [3.63, 3.8) is 0 Å². The van der Waals surface area contributed by atoms with Crippen LogP contribution in [0.5, 0.6) is 0 Å². The van der Waals surface area contributed by atoms with E-state index in [1.807, 2.05) is 43.3 Å². The average Bonchev–Trinajstić information content (AvgIpc) is 2.62. The first-order valence-corrected chi connectivity index (χ1v) is 8.13. The number of hydrogen-bond acceptors (Lipinski definition) is 3. The maximum absolute atomic E-state index is 12.2. The predicted octanol–water partition coefficient (Wildman–Crippen LogP) is 3.17. The van der Waals surface area contributed by atoms with E-state index in [2.05, 4.69) is 10.3 Å². The summed E-state index contributed by atoms with van der Waals surface area (Å²) in [5, 5.41) is 11.8. The lowest BCUT2D eigenvalue weighted by Crippen LogP contribution is -2.41. The van der Waals surface area contributed by atoms with E-state index < -0.39 is 11.9 Å². The number of amides is 2. The highest BCUT2D eigenvalue weighted by atomic mass is 16.4. The summed E-state index contributed by atoms with van der Waals surface area (Å²) in [6.45, 7) is 3.63.